The maximum absolute atomic E-state index is 6.06. The highest BCUT2D eigenvalue weighted by Gasteiger charge is 2.29. The van der Waals surface area contributed by atoms with Crippen molar-refractivity contribution in [2.24, 2.45) is 16.9 Å². The molecule has 2 aliphatic rings. The van der Waals surface area contributed by atoms with Gasteiger partial charge in [0.2, 0.25) is 0 Å². The molecule has 0 spiro atoms. The molecule has 1 heterocycles. The molecule has 1 N–H and O–H groups in total. The van der Waals surface area contributed by atoms with E-state index in [0.717, 1.165) is 12.8 Å². The maximum Gasteiger partial charge on any atom is 0.0581 e. The van der Waals surface area contributed by atoms with Crippen molar-refractivity contribution in [2.75, 3.05) is 0 Å². The van der Waals surface area contributed by atoms with Crippen molar-refractivity contribution in [1.29, 1.82) is 0 Å². The van der Waals surface area contributed by atoms with Gasteiger partial charge in [-0.05, 0) is 64.4 Å². The molecule has 0 saturated heterocycles. The molecule has 0 aromatic rings. The molecule has 3 heteroatoms. The normalized spacial score (nSPS) is 27.9. The second kappa shape index (κ2) is 6.75. The lowest BCUT2D eigenvalue weighted by molar-refractivity contribution is -0.00446. The smallest absolute Gasteiger partial charge is 0.0581 e. The Morgan fingerprint density at radius 1 is 1.15 bits per heavy atom. The molecule has 0 aromatic heterocycles. The Balaban J connectivity index is 2.15. The minimum atomic E-state index is 0.335. The van der Waals surface area contributed by atoms with Crippen LogP contribution in [-0.2, 0) is 4.74 Å². The third-order valence-corrected chi connectivity index (χ3v) is 4.42. The van der Waals surface area contributed by atoms with Crippen molar-refractivity contribution in [3.8, 4) is 0 Å². The van der Waals surface area contributed by atoms with Gasteiger partial charge in [-0.15, -0.1) is 0 Å². The van der Waals surface area contributed by atoms with E-state index < -0.39 is 0 Å². The Labute approximate surface area is 123 Å². The summed E-state index contributed by atoms with van der Waals surface area (Å²) in [6.07, 6.45) is 6.71. The second-order valence-corrected chi connectivity index (χ2v) is 6.79. The third-order valence-electron chi connectivity index (χ3n) is 4.42. The highest BCUT2D eigenvalue weighted by molar-refractivity contribution is 5.87. The van der Waals surface area contributed by atoms with Gasteiger partial charge in [0.25, 0.3) is 0 Å². The van der Waals surface area contributed by atoms with Gasteiger partial charge in [0.15, 0.2) is 0 Å². The molecule has 2 rings (SSSR count). The Hall–Kier alpha value is -0.830. The Morgan fingerprint density at radius 2 is 1.90 bits per heavy atom. The van der Waals surface area contributed by atoms with Crippen LogP contribution in [0.3, 0.4) is 0 Å². The van der Waals surface area contributed by atoms with E-state index in [-0.39, 0.29) is 0 Å². The fourth-order valence-corrected chi connectivity index (χ4v) is 3.46. The lowest BCUT2D eigenvalue weighted by Gasteiger charge is -2.33. The SMILES string of the molecule is CC1=NNC(C(C)C)=C2CCC(OC(C)C)CCCC12. The van der Waals surface area contributed by atoms with Gasteiger partial charge in [-0.1, -0.05) is 13.8 Å². The van der Waals surface area contributed by atoms with Crippen LogP contribution in [0.15, 0.2) is 16.4 Å². The number of fused-ring (bicyclic) bond motifs is 1. The largest absolute Gasteiger partial charge is 0.376 e. The van der Waals surface area contributed by atoms with Gasteiger partial charge in [-0.3, -0.25) is 5.43 Å². The first-order valence-electron chi connectivity index (χ1n) is 8.17. The standard InChI is InChI=1S/C17H30N2O/c1-11(2)17-16-10-9-14(20-12(3)4)7-6-8-15(16)13(5)18-19-17/h11-12,14-15,19H,6-10H2,1-5H3. The van der Waals surface area contributed by atoms with Gasteiger partial charge < -0.3 is 4.74 Å². The van der Waals surface area contributed by atoms with Crippen molar-refractivity contribution < 1.29 is 4.74 Å². The van der Waals surface area contributed by atoms with E-state index in [2.05, 4.69) is 45.1 Å². The number of hydrazone groups is 1. The molecule has 20 heavy (non-hydrogen) atoms. The molecule has 1 saturated carbocycles. The van der Waals surface area contributed by atoms with Crippen molar-refractivity contribution in [3.05, 3.63) is 11.3 Å². The van der Waals surface area contributed by atoms with Crippen LogP contribution in [0.25, 0.3) is 0 Å². The van der Waals surface area contributed by atoms with Crippen molar-refractivity contribution in [1.82, 2.24) is 5.43 Å². The van der Waals surface area contributed by atoms with Gasteiger partial charge in [-0.25, -0.2) is 0 Å². The highest BCUT2D eigenvalue weighted by Crippen LogP contribution is 2.35. The molecule has 0 radical (unpaired) electrons. The fraction of sp³-hybridized carbons (Fsp3) is 0.824. The van der Waals surface area contributed by atoms with Gasteiger partial charge in [0.05, 0.1) is 12.2 Å². The molecule has 3 nitrogen and oxygen atoms in total. The number of allylic oxidation sites excluding steroid dienone is 2. The number of nitrogens with zero attached hydrogens (tertiary/aromatic N) is 1. The first-order chi connectivity index (χ1) is 9.49. The quantitative estimate of drug-likeness (QED) is 0.837. The van der Waals surface area contributed by atoms with E-state index in [0.29, 0.717) is 24.0 Å². The monoisotopic (exact) mass is 278 g/mol. The van der Waals surface area contributed by atoms with E-state index in [4.69, 9.17) is 4.74 Å². The Morgan fingerprint density at radius 3 is 2.55 bits per heavy atom. The van der Waals surface area contributed by atoms with Gasteiger partial charge in [0, 0.05) is 17.3 Å². The first-order valence-corrected chi connectivity index (χ1v) is 8.17. The number of nitrogens with one attached hydrogen (secondary N) is 1. The molecular weight excluding hydrogens is 248 g/mol. The molecular formula is C17H30N2O. The van der Waals surface area contributed by atoms with Gasteiger partial charge in [-0.2, -0.15) is 5.10 Å². The number of ether oxygens (including phenoxy) is 1. The van der Waals surface area contributed by atoms with Crippen LogP contribution in [0, 0.1) is 11.8 Å². The molecule has 1 aliphatic carbocycles. The van der Waals surface area contributed by atoms with Crippen LogP contribution < -0.4 is 5.43 Å². The zero-order valence-corrected chi connectivity index (χ0v) is 13.7. The lowest BCUT2D eigenvalue weighted by Crippen LogP contribution is -2.31. The predicted octanol–water partition coefficient (Wildman–Crippen LogP) is 4.25. The van der Waals surface area contributed by atoms with Crippen LogP contribution in [0.4, 0.5) is 0 Å². The summed E-state index contributed by atoms with van der Waals surface area (Å²) in [7, 11) is 0. The van der Waals surface area contributed by atoms with Crippen molar-refractivity contribution in [2.45, 2.75) is 78.9 Å². The zero-order valence-electron chi connectivity index (χ0n) is 13.7. The van der Waals surface area contributed by atoms with Gasteiger partial charge >= 0.3 is 0 Å². The first kappa shape index (κ1) is 15.6. The summed E-state index contributed by atoms with van der Waals surface area (Å²) in [4.78, 5) is 0. The number of hydrogen-bond donors (Lipinski definition) is 1. The molecule has 0 aromatic carbocycles. The van der Waals surface area contributed by atoms with Crippen molar-refractivity contribution in [3.63, 3.8) is 0 Å². The summed E-state index contributed by atoms with van der Waals surface area (Å²) < 4.78 is 6.06. The van der Waals surface area contributed by atoms with Crippen molar-refractivity contribution >= 4 is 5.71 Å². The van der Waals surface area contributed by atoms with E-state index in [1.165, 1.54) is 30.7 Å². The average Bonchev–Trinajstić information content (AvgIpc) is 2.33. The summed E-state index contributed by atoms with van der Waals surface area (Å²) >= 11 is 0. The minimum absolute atomic E-state index is 0.335. The molecule has 114 valence electrons. The average molecular weight is 278 g/mol. The van der Waals surface area contributed by atoms with E-state index in [1.807, 2.05) is 0 Å². The predicted molar refractivity (Wildman–Crippen MR) is 84.7 cm³/mol. The van der Waals surface area contributed by atoms with Gasteiger partial charge in [0.1, 0.15) is 0 Å². The number of rotatable bonds is 3. The van der Waals surface area contributed by atoms with E-state index >= 15 is 0 Å². The molecule has 1 fully saturated rings. The Bertz CT molecular complexity index is 396. The second-order valence-electron chi connectivity index (χ2n) is 6.79. The topological polar surface area (TPSA) is 33.6 Å². The highest BCUT2D eigenvalue weighted by atomic mass is 16.5. The van der Waals surface area contributed by atoms with Crippen LogP contribution in [0.2, 0.25) is 0 Å². The van der Waals surface area contributed by atoms with Crippen LogP contribution in [0.5, 0.6) is 0 Å². The summed E-state index contributed by atoms with van der Waals surface area (Å²) in [5.74, 6) is 1.09. The third kappa shape index (κ3) is 3.63. The Kier molecular flexibility index (Phi) is 5.25. The molecule has 2 unspecified atom stereocenters. The van der Waals surface area contributed by atoms with E-state index in [9.17, 15) is 0 Å². The fourth-order valence-electron chi connectivity index (χ4n) is 3.46. The molecule has 2 atom stereocenters. The summed E-state index contributed by atoms with van der Waals surface area (Å²) in [5, 5.41) is 4.53. The minimum Gasteiger partial charge on any atom is -0.376 e. The zero-order chi connectivity index (χ0) is 14.7. The molecule has 0 amide bonds. The van der Waals surface area contributed by atoms with E-state index in [1.54, 1.807) is 5.57 Å². The molecule has 1 aliphatic heterocycles. The summed E-state index contributed by atoms with van der Waals surface area (Å²) in [6, 6.07) is 0. The summed E-state index contributed by atoms with van der Waals surface area (Å²) in [6.45, 7) is 10.9. The maximum atomic E-state index is 6.06. The van der Waals surface area contributed by atoms with Crippen LogP contribution in [0.1, 0.15) is 66.7 Å². The molecule has 0 bridgehead atoms. The number of hydrogen-bond acceptors (Lipinski definition) is 3. The van der Waals surface area contributed by atoms with Crippen LogP contribution in [-0.4, -0.2) is 17.9 Å². The summed E-state index contributed by atoms with van der Waals surface area (Å²) in [5.41, 5.74) is 7.50. The lowest BCUT2D eigenvalue weighted by atomic mass is 9.80. The van der Waals surface area contributed by atoms with Crippen LogP contribution >= 0.6 is 0 Å².